The zero-order chi connectivity index (χ0) is 13.3. The molecule has 1 saturated carbocycles. The van der Waals surface area contributed by atoms with Gasteiger partial charge in [-0.25, -0.2) is 0 Å². The maximum atomic E-state index is 6.18. The van der Waals surface area contributed by atoms with E-state index in [9.17, 15) is 0 Å². The lowest BCUT2D eigenvalue weighted by molar-refractivity contribution is 0.197. The Kier molecular flexibility index (Phi) is 4.21. The van der Waals surface area contributed by atoms with Crippen molar-refractivity contribution in [3.63, 3.8) is 0 Å². The lowest BCUT2D eigenvalue weighted by Crippen LogP contribution is -2.36. The SMILES string of the molecule is CC1(CNC2CCCc3sc(Cl)cc32)CCCCC1. The summed E-state index contributed by atoms with van der Waals surface area (Å²) in [6, 6.07) is 2.74. The predicted molar refractivity (Wildman–Crippen MR) is 84.2 cm³/mol. The molecule has 0 radical (unpaired) electrons. The molecule has 0 saturated heterocycles. The second kappa shape index (κ2) is 5.75. The second-order valence-corrected chi connectivity index (χ2v) is 8.39. The maximum Gasteiger partial charge on any atom is 0.0934 e. The van der Waals surface area contributed by atoms with Crippen LogP contribution in [0.5, 0.6) is 0 Å². The smallest absolute Gasteiger partial charge is 0.0934 e. The van der Waals surface area contributed by atoms with Crippen molar-refractivity contribution < 1.29 is 0 Å². The molecule has 1 fully saturated rings. The first kappa shape index (κ1) is 13.9. The van der Waals surface area contributed by atoms with Crippen molar-refractivity contribution in [3.8, 4) is 0 Å². The standard InChI is InChI=1S/C16H24ClNS/c1-16(8-3-2-4-9-16)11-18-13-6-5-7-14-12(13)10-15(17)19-14/h10,13,18H,2-9,11H2,1H3. The van der Waals surface area contributed by atoms with Gasteiger partial charge in [-0.2, -0.15) is 0 Å². The highest BCUT2D eigenvalue weighted by molar-refractivity contribution is 7.16. The van der Waals surface area contributed by atoms with E-state index in [1.807, 2.05) is 0 Å². The van der Waals surface area contributed by atoms with Gasteiger partial charge in [0, 0.05) is 17.5 Å². The number of nitrogens with one attached hydrogen (secondary N) is 1. The quantitative estimate of drug-likeness (QED) is 0.794. The molecule has 19 heavy (non-hydrogen) atoms. The van der Waals surface area contributed by atoms with Crippen LogP contribution in [-0.4, -0.2) is 6.54 Å². The molecule has 1 nitrogen and oxygen atoms in total. The Hall–Kier alpha value is -0.0500. The highest BCUT2D eigenvalue weighted by atomic mass is 35.5. The Balaban J connectivity index is 1.64. The molecule has 3 rings (SSSR count). The maximum absolute atomic E-state index is 6.18. The van der Waals surface area contributed by atoms with E-state index in [0.29, 0.717) is 11.5 Å². The third kappa shape index (κ3) is 3.17. The summed E-state index contributed by atoms with van der Waals surface area (Å²) in [5, 5.41) is 3.85. The zero-order valence-corrected chi connectivity index (χ0v) is 13.4. The molecule has 0 aliphatic heterocycles. The summed E-state index contributed by atoms with van der Waals surface area (Å²) in [5.41, 5.74) is 2.01. The predicted octanol–water partition coefficient (Wildman–Crippen LogP) is 5.34. The van der Waals surface area contributed by atoms with Gasteiger partial charge in [-0.1, -0.05) is 37.8 Å². The summed E-state index contributed by atoms with van der Waals surface area (Å²) in [6.45, 7) is 3.63. The van der Waals surface area contributed by atoms with Gasteiger partial charge in [-0.3, -0.25) is 0 Å². The third-order valence-corrected chi connectivity index (χ3v) is 6.26. The fourth-order valence-electron chi connectivity index (χ4n) is 3.69. The van der Waals surface area contributed by atoms with Crippen molar-refractivity contribution in [3.05, 3.63) is 20.8 Å². The number of fused-ring (bicyclic) bond motifs is 1. The normalized spacial score (nSPS) is 26.1. The van der Waals surface area contributed by atoms with E-state index in [1.54, 1.807) is 11.3 Å². The Bertz CT molecular complexity index is 434. The molecule has 0 bridgehead atoms. The van der Waals surface area contributed by atoms with Crippen LogP contribution in [0.1, 0.15) is 68.4 Å². The van der Waals surface area contributed by atoms with Crippen LogP contribution in [0.3, 0.4) is 0 Å². The van der Waals surface area contributed by atoms with Crippen LogP contribution in [0.25, 0.3) is 0 Å². The second-order valence-electron chi connectivity index (χ2n) is 6.63. The molecular weight excluding hydrogens is 274 g/mol. The third-order valence-electron chi connectivity index (χ3n) is 4.92. The molecule has 1 unspecified atom stereocenters. The van der Waals surface area contributed by atoms with E-state index in [0.717, 1.165) is 4.34 Å². The van der Waals surface area contributed by atoms with Gasteiger partial charge in [0.2, 0.25) is 0 Å². The minimum Gasteiger partial charge on any atom is -0.309 e. The van der Waals surface area contributed by atoms with E-state index in [-0.39, 0.29) is 0 Å². The van der Waals surface area contributed by atoms with E-state index in [2.05, 4.69) is 18.3 Å². The van der Waals surface area contributed by atoms with Gasteiger partial charge in [0.25, 0.3) is 0 Å². The van der Waals surface area contributed by atoms with Crippen LogP contribution >= 0.6 is 22.9 Å². The molecule has 0 spiro atoms. The Morgan fingerprint density at radius 2 is 2.11 bits per heavy atom. The van der Waals surface area contributed by atoms with E-state index in [4.69, 9.17) is 11.6 Å². The van der Waals surface area contributed by atoms with E-state index in [1.165, 1.54) is 68.4 Å². The number of thiophene rings is 1. The molecule has 1 atom stereocenters. The van der Waals surface area contributed by atoms with Gasteiger partial charge in [0.1, 0.15) is 0 Å². The lowest BCUT2D eigenvalue weighted by atomic mass is 9.75. The first-order valence-electron chi connectivity index (χ1n) is 7.68. The average Bonchev–Trinajstić information content (AvgIpc) is 2.78. The van der Waals surface area contributed by atoms with Crippen LogP contribution in [0.4, 0.5) is 0 Å². The summed E-state index contributed by atoms with van der Waals surface area (Å²) in [5.74, 6) is 0. The first-order chi connectivity index (χ1) is 9.16. The van der Waals surface area contributed by atoms with Crippen LogP contribution < -0.4 is 5.32 Å². The Morgan fingerprint density at radius 3 is 2.89 bits per heavy atom. The molecule has 3 heteroatoms. The number of hydrogen-bond donors (Lipinski definition) is 1. The lowest BCUT2D eigenvalue weighted by Gasteiger charge is -2.36. The molecule has 1 aromatic rings. The molecule has 2 aliphatic rings. The van der Waals surface area contributed by atoms with Crippen molar-refractivity contribution in [2.75, 3.05) is 6.54 Å². The number of halogens is 1. The summed E-state index contributed by atoms with van der Waals surface area (Å²) >= 11 is 7.96. The van der Waals surface area contributed by atoms with Crippen LogP contribution in [-0.2, 0) is 6.42 Å². The Labute approximate surface area is 125 Å². The summed E-state index contributed by atoms with van der Waals surface area (Å²) in [4.78, 5) is 1.52. The van der Waals surface area contributed by atoms with Gasteiger partial charge in [0.05, 0.1) is 4.34 Å². The molecule has 1 aromatic heterocycles. The summed E-state index contributed by atoms with van der Waals surface area (Å²) in [7, 11) is 0. The molecular formula is C16H24ClNS. The van der Waals surface area contributed by atoms with Crippen molar-refractivity contribution in [2.45, 2.75) is 64.3 Å². The van der Waals surface area contributed by atoms with Crippen LogP contribution in [0.15, 0.2) is 6.07 Å². The minimum absolute atomic E-state index is 0.523. The molecule has 0 aromatic carbocycles. The van der Waals surface area contributed by atoms with Gasteiger partial charge in [0.15, 0.2) is 0 Å². The zero-order valence-electron chi connectivity index (χ0n) is 11.8. The highest BCUT2D eigenvalue weighted by Gasteiger charge is 2.29. The fourth-order valence-corrected chi connectivity index (χ4v) is 5.07. The van der Waals surface area contributed by atoms with Crippen LogP contribution in [0.2, 0.25) is 4.34 Å². The highest BCUT2D eigenvalue weighted by Crippen LogP contribution is 2.40. The summed E-state index contributed by atoms with van der Waals surface area (Å²) < 4.78 is 0.961. The molecule has 106 valence electrons. The number of rotatable bonds is 3. The van der Waals surface area contributed by atoms with E-state index < -0.39 is 0 Å². The largest absolute Gasteiger partial charge is 0.309 e. The average molecular weight is 298 g/mol. The fraction of sp³-hybridized carbons (Fsp3) is 0.750. The van der Waals surface area contributed by atoms with Crippen LogP contribution in [0, 0.1) is 5.41 Å². The van der Waals surface area contributed by atoms with Gasteiger partial charge in [-0.05, 0) is 49.1 Å². The van der Waals surface area contributed by atoms with Gasteiger partial charge < -0.3 is 5.32 Å². The Morgan fingerprint density at radius 1 is 1.32 bits per heavy atom. The monoisotopic (exact) mass is 297 g/mol. The van der Waals surface area contributed by atoms with Crippen molar-refractivity contribution in [1.82, 2.24) is 5.32 Å². The molecule has 2 aliphatic carbocycles. The molecule has 0 amide bonds. The molecule has 1 N–H and O–H groups in total. The van der Waals surface area contributed by atoms with Crippen molar-refractivity contribution >= 4 is 22.9 Å². The number of hydrogen-bond acceptors (Lipinski definition) is 2. The topological polar surface area (TPSA) is 12.0 Å². The van der Waals surface area contributed by atoms with Gasteiger partial charge >= 0.3 is 0 Å². The first-order valence-corrected chi connectivity index (χ1v) is 8.87. The van der Waals surface area contributed by atoms with Crippen molar-refractivity contribution in [2.24, 2.45) is 5.41 Å². The van der Waals surface area contributed by atoms with E-state index >= 15 is 0 Å². The number of aryl methyl sites for hydroxylation is 1. The van der Waals surface area contributed by atoms with Crippen molar-refractivity contribution in [1.29, 1.82) is 0 Å². The molecule has 1 heterocycles. The summed E-state index contributed by atoms with van der Waals surface area (Å²) in [6.07, 6.45) is 10.9. The van der Waals surface area contributed by atoms with Gasteiger partial charge in [-0.15, -0.1) is 11.3 Å². The minimum atomic E-state index is 0.523.